The van der Waals surface area contributed by atoms with Crippen molar-refractivity contribution in [1.29, 1.82) is 0 Å². The normalized spacial score (nSPS) is 10.9. The first-order valence-corrected chi connectivity index (χ1v) is 5.91. The monoisotopic (exact) mass is 330 g/mol. The maximum atomic E-state index is 11.9. The van der Waals surface area contributed by atoms with Gasteiger partial charge in [0.2, 0.25) is 0 Å². The van der Waals surface area contributed by atoms with Crippen LogP contribution >= 0.6 is 31.9 Å². The minimum absolute atomic E-state index is 0.0282. The van der Waals surface area contributed by atoms with E-state index < -0.39 is 0 Å². The van der Waals surface area contributed by atoms with Crippen LogP contribution in [0.4, 0.5) is 0 Å². The van der Waals surface area contributed by atoms with Gasteiger partial charge in [0.25, 0.3) is 5.56 Å². The summed E-state index contributed by atoms with van der Waals surface area (Å²) in [6.45, 7) is 1.81. The van der Waals surface area contributed by atoms with E-state index in [4.69, 9.17) is 0 Å². The lowest BCUT2D eigenvalue weighted by molar-refractivity contribution is 0.792. The van der Waals surface area contributed by atoms with Crippen molar-refractivity contribution >= 4 is 42.8 Å². The standard InChI is InChI=1S/C10H8Br2N2O/c1-5-13-9-7(10(15)14(5)2)3-6(11)4-8(9)12/h3-4H,1-2H3. The average Bonchev–Trinajstić information content (AvgIpc) is 2.17. The lowest BCUT2D eigenvalue weighted by Gasteiger charge is -2.06. The maximum Gasteiger partial charge on any atom is 0.261 e. The van der Waals surface area contributed by atoms with Crippen LogP contribution in [-0.4, -0.2) is 9.55 Å². The van der Waals surface area contributed by atoms with Crippen LogP contribution in [0.5, 0.6) is 0 Å². The van der Waals surface area contributed by atoms with Crippen molar-refractivity contribution in [3.05, 3.63) is 37.3 Å². The molecule has 3 nitrogen and oxygen atoms in total. The summed E-state index contributed by atoms with van der Waals surface area (Å²) in [5.41, 5.74) is 0.679. The Morgan fingerprint density at radius 2 is 2.00 bits per heavy atom. The number of benzene rings is 1. The largest absolute Gasteiger partial charge is 0.299 e. The zero-order chi connectivity index (χ0) is 11.2. The van der Waals surface area contributed by atoms with Crippen LogP contribution < -0.4 is 5.56 Å². The smallest absolute Gasteiger partial charge is 0.261 e. The molecule has 0 bridgehead atoms. The van der Waals surface area contributed by atoms with Crippen molar-refractivity contribution in [2.75, 3.05) is 0 Å². The van der Waals surface area contributed by atoms with Gasteiger partial charge in [-0.25, -0.2) is 4.98 Å². The minimum Gasteiger partial charge on any atom is -0.299 e. The molecule has 0 aliphatic carbocycles. The average molecular weight is 332 g/mol. The van der Waals surface area contributed by atoms with Crippen molar-refractivity contribution < 1.29 is 0 Å². The highest BCUT2D eigenvalue weighted by Gasteiger charge is 2.08. The summed E-state index contributed by atoms with van der Waals surface area (Å²) in [5.74, 6) is 0.704. The molecule has 1 heterocycles. The molecule has 78 valence electrons. The molecule has 1 aromatic heterocycles. The number of rotatable bonds is 0. The van der Waals surface area contributed by atoms with Gasteiger partial charge >= 0.3 is 0 Å². The summed E-state index contributed by atoms with van der Waals surface area (Å²) >= 11 is 6.75. The number of aromatic nitrogens is 2. The molecule has 2 aromatic rings. The topological polar surface area (TPSA) is 34.9 Å². The zero-order valence-electron chi connectivity index (χ0n) is 8.21. The van der Waals surface area contributed by atoms with E-state index in [0.29, 0.717) is 16.7 Å². The first-order valence-electron chi connectivity index (χ1n) is 4.33. The third kappa shape index (κ3) is 1.74. The van der Waals surface area contributed by atoms with Crippen molar-refractivity contribution in [2.45, 2.75) is 6.92 Å². The molecular weight excluding hydrogens is 324 g/mol. The molecule has 15 heavy (non-hydrogen) atoms. The Morgan fingerprint density at radius 1 is 1.33 bits per heavy atom. The molecule has 0 fully saturated rings. The molecule has 0 aliphatic rings. The number of nitrogens with zero attached hydrogens (tertiary/aromatic N) is 2. The van der Waals surface area contributed by atoms with Gasteiger partial charge in [-0.05, 0) is 35.0 Å². The molecule has 0 saturated heterocycles. The summed E-state index contributed by atoms with van der Waals surface area (Å²) in [6, 6.07) is 3.67. The predicted octanol–water partition coefficient (Wildman–Crippen LogP) is 2.77. The van der Waals surface area contributed by atoms with E-state index in [-0.39, 0.29) is 5.56 Å². The molecule has 5 heteroatoms. The second kappa shape index (κ2) is 3.72. The van der Waals surface area contributed by atoms with Crippen molar-refractivity contribution in [1.82, 2.24) is 9.55 Å². The van der Waals surface area contributed by atoms with Gasteiger partial charge in [0.1, 0.15) is 5.82 Å². The van der Waals surface area contributed by atoms with E-state index in [1.54, 1.807) is 17.7 Å². The zero-order valence-corrected chi connectivity index (χ0v) is 11.4. The van der Waals surface area contributed by atoms with Crippen molar-refractivity contribution in [3.63, 3.8) is 0 Å². The van der Waals surface area contributed by atoms with E-state index in [9.17, 15) is 4.79 Å². The molecule has 0 amide bonds. The lowest BCUT2D eigenvalue weighted by Crippen LogP contribution is -2.20. The second-order valence-electron chi connectivity index (χ2n) is 3.31. The SMILES string of the molecule is Cc1nc2c(Br)cc(Br)cc2c(=O)n1C. The molecular formula is C10H8Br2N2O. The van der Waals surface area contributed by atoms with Gasteiger partial charge in [0.15, 0.2) is 0 Å². The summed E-state index contributed by atoms with van der Waals surface area (Å²) in [5, 5.41) is 0.615. The molecule has 0 radical (unpaired) electrons. The fourth-order valence-electron chi connectivity index (χ4n) is 1.41. The summed E-state index contributed by atoms with van der Waals surface area (Å²) in [6.07, 6.45) is 0. The first kappa shape index (κ1) is 10.8. The van der Waals surface area contributed by atoms with E-state index in [1.807, 2.05) is 13.0 Å². The van der Waals surface area contributed by atoms with E-state index in [2.05, 4.69) is 36.8 Å². The van der Waals surface area contributed by atoms with Crippen LogP contribution in [0, 0.1) is 6.92 Å². The Labute approximate surface area is 103 Å². The highest BCUT2D eigenvalue weighted by Crippen LogP contribution is 2.25. The van der Waals surface area contributed by atoms with Gasteiger partial charge in [-0.1, -0.05) is 15.9 Å². The number of fused-ring (bicyclic) bond motifs is 1. The summed E-state index contributed by atoms with van der Waals surface area (Å²) < 4.78 is 3.23. The second-order valence-corrected chi connectivity index (χ2v) is 5.08. The number of hydrogen-bond donors (Lipinski definition) is 0. The van der Waals surface area contributed by atoms with Crippen molar-refractivity contribution in [3.8, 4) is 0 Å². The third-order valence-corrected chi connectivity index (χ3v) is 3.38. The molecule has 0 atom stereocenters. The van der Waals surface area contributed by atoms with E-state index in [0.717, 1.165) is 8.95 Å². The summed E-state index contributed by atoms with van der Waals surface area (Å²) in [4.78, 5) is 16.3. The fourth-order valence-corrected chi connectivity index (χ4v) is 2.72. The van der Waals surface area contributed by atoms with Crippen LogP contribution in [0.25, 0.3) is 10.9 Å². The molecule has 0 spiro atoms. The number of hydrogen-bond acceptors (Lipinski definition) is 2. The lowest BCUT2D eigenvalue weighted by atomic mass is 10.2. The van der Waals surface area contributed by atoms with Gasteiger partial charge in [0, 0.05) is 16.0 Å². The minimum atomic E-state index is -0.0282. The van der Waals surface area contributed by atoms with Gasteiger partial charge < -0.3 is 0 Å². The van der Waals surface area contributed by atoms with E-state index >= 15 is 0 Å². The van der Waals surface area contributed by atoms with Gasteiger partial charge in [-0.3, -0.25) is 9.36 Å². The van der Waals surface area contributed by atoms with Crippen molar-refractivity contribution in [2.24, 2.45) is 7.05 Å². The van der Waals surface area contributed by atoms with Gasteiger partial charge in [0.05, 0.1) is 10.9 Å². The molecule has 0 saturated carbocycles. The highest BCUT2D eigenvalue weighted by atomic mass is 79.9. The van der Waals surface area contributed by atoms with Gasteiger partial charge in [-0.2, -0.15) is 0 Å². The Kier molecular flexibility index (Phi) is 2.68. The highest BCUT2D eigenvalue weighted by molar-refractivity contribution is 9.11. The van der Waals surface area contributed by atoms with Gasteiger partial charge in [-0.15, -0.1) is 0 Å². The number of aryl methyl sites for hydroxylation is 1. The molecule has 0 N–H and O–H groups in total. The Morgan fingerprint density at radius 3 is 2.67 bits per heavy atom. The van der Waals surface area contributed by atoms with E-state index in [1.165, 1.54) is 0 Å². The Hall–Kier alpha value is -0.680. The molecule has 1 aromatic carbocycles. The maximum absolute atomic E-state index is 11.9. The fraction of sp³-hybridized carbons (Fsp3) is 0.200. The summed E-state index contributed by atoms with van der Waals surface area (Å²) in [7, 11) is 1.72. The quantitative estimate of drug-likeness (QED) is 0.744. The van der Waals surface area contributed by atoms with Crippen LogP contribution in [0.2, 0.25) is 0 Å². The van der Waals surface area contributed by atoms with Crippen LogP contribution in [0.15, 0.2) is 25.9 Å². The number of halogens is 2. The Bertz CT molecular complexity index is 604. The Balaban J connectivity index is 3.06. The molecule has 0 unspecified atom stereocenters. The van der Waals surface area contributed by atoms with Crippen LogP contribution in [0.1, 0.15) is 5.82 Å². The van der Waals surface area contributed by atoms with Crippen LogP contribution in [0.3, 0.4) is 0 Å². The predicted molar refractivity (Wildman–Crippen MR) is 67.1 cm³/mol. The molecule has 2 rings (SSSR count). The molecule has 0 aliphatic heterocycles. The third-order valence-electron chi connectivity index (χ3n) is 2.32. The van der Waals surface area contributed by atoms with Crippen LogP contribution in [-0.2, 0) is 7.05 Å². The first-order chi connectivity index (χ1) is 7.00.